The van der Waals surface area contributed by atoms with Gasteiger partial charge < -0.3 is 10.1 Å². The van der Waals surface area contributed by atoms with E-state index in [1.54, 1.807) is 21.0 Å². The van der Waals surface area contributed by atoms with Crippen molar-refractivity contribution in [2.45, 2.75) is 45.8 Å². The Kier molecular flexibility index (Phi) is 4.14. The van der Waals surface area contributed by atoms with Gasteiger partial charge in [-0.3, -0.25) is 9.69 Å². The summed E-state index contributed by atoms with van der Waals surface area (Å²) in [6.45, 7) is 7.88. The fourth-order valence-electron chi connectivity index (χ4n) is 2.03. The second-order valence-corrected chi connectivity index (χ2v) is 5.36. The number of amides is 3. The van der Waals surface area contributed by atoms with Gasteiger partial charge in [0.1, 0.15) is 5.54 Å². The fraction of sp³-hybridized carbons (Fsp3) is 0.833. The van der Waals surface area contributed by atoms with Crippen LogP contribution in [0.1, 0.15) is 34.1 Å². The summed E-state index contributed by atoms with van der Waals surface area (Å²) >= 11 is 0. The highest BCUT2D eigenvalue weighted by molar-refractivity contribution is 6.06. The zero-order valence-corrected chi connectivity index (χ0v) is 11.2. The van der Waals surface area contributed by atoms with E-state index in [4.69, 9.17) is 4.74 Å². The Bertz CT molecular complexity index is 315. The van der Waals surface area contributed by atoms with Crippen LogP contribution >= 0.6 is 0 Å². The SMILES string of the molecule is COC(C)CC(C)CN1C(=O)NC(C)(C)C1=O. The molecule has 17 heavy (non-hydrogen) atoms. The van der Waals surface area contributed by atoms with E-state index in [9.17, 15) is 9.59 Å². The van der Waals surface area contributed by atoms with E-state index in [2.05, 4.69) is 5.32 Å². The molecule has 0 aromatic rings. The zero-order valence-electron chi connectivity index (χ0n) is 11.2. The molecule has 0 aliphatic carbocycles. The van der Waals surface area contributed by atoms with E-state index in [0.717, 1.165) is 6.42 Å². The first kappa shape index (κ1) is 14.0. The van der Waals surface area contributed by atoms with Crippen molar-refractivity contribution in [2.24, 2.45) is 5.92 Å². The standard InChI is InChI=1S/C12H22N2O3/c1-8(6-9(2)17-5)7-14-10(15)12(3,4)13-11(14)16/h8-9H,6-7H2,1-5H3,(H,13,16). The molecule has 1 aliphatic heterocycles. The molecule has 2 unspecified atom stereocenters. The molecule has 0 aromatic carbocycles. The number of nitrogens with zero attached hydrogens (tertiary/aromatic N) is 1. The van der Waals surface area contributed by atoms with Crippen LogP contribution in [0.25, 0.3) is 0 Å². The van der Waals surface area contributed by atoms with Crippen molar-refractivity contribution < 1.29 is 14.3 Å². The van der Waals surface area contributed by atoms with Crippen LogP contribution < -0.4 is 5.32 Å². The van der Waals surface area contributed by atoms with Gasteiger partial charge in [0.25, 0.3) is 5.91 Å². The highest BCUT2D eigenvalue weighted by atomic mass is 16.5. The number of methoxy groups -OCH3 is 1. The minimum Gasteiger partial charge on any atom is -0.382 e. The Morgan fingerprint density at radius 1 is 1.35 bits per heavy atom. The topological polar surface area (TPSA) is 58.6 Å². The van der Waals surface area contributed by atoms with Crippen molar-refractivity contribution in [3.05, 3.63) is 0 Å². The molecule has 98 valence electrons. The Balaban J connectivity index is 2.57. The number of nitrogens with one attached hydrogen (secondary N) is 1. The molecule has 0 radical (unpaired) electrons. The molecule has 2 atom stereocenters. The van der Waals surface area contributed by atoms with Gasteiger partial charge in [0.05, 0.1) is 6.10 Å². The molecule has 5 heteroatoms. The molecular formula is C12H22N2O3. The number of hydrogen-bond acceptors (Lipinski definition) is 3. The van der Waals surface area contributed by atoms with Gasteiger partial charge in [0, 0.05) is 13.7 Å². The number of imide groups is 1. The predicted molar refractivity (Wildman–Crippen MR) is 64.6 cm³/mol. The summed E-state index contributed by atoms with van der Waals surface area (Å²) in [5, 5.41) is 2.67. The molecule has 1 rings (SSSR count). The third kappa shape index (κ3) is 3.19. The fourth-order valence-corrected chi connectivity index (χ4v) is 2.03. The third-order valence-electron chi connectivity index (χ3n) is 3.08. The lowest BCUT2D eigenvalue weighted by Gasteiger charge is -2.21. The first-order chi connectivity index (χ1) is 7.77. The predicted octanol–water partition coefficient (Wildman–Crippen LogP) is 1.38. The number of ether oxygens (including phenoxy) is 1. The summed E-state index contributed by atoms with van der Waals surface area (Å²) in [5.74, 6) is 0.0768. The molecule has 0 aromatic heterocycles. The van der Waals surface area contributed by atoms with Crippen molar-refractivity contribution in [3.63, 3.8) is 0 Å². The summed E-state index contributed by atoms with van der Waals surface area (Å²) in [6, 6.07) is -0.295. The van der Waals surface area contributed by atoms with Gasteiger partial charge in [-0.1, -0.05) is 6.92 Å². The quantitative estimate of drug-likeness (QED) is 0.741. The van der Waals surface area contributed by atoms with Crippen LogP contribution in [0, 0.1) is 5.92 Å². The second kappa shape index (κ2) is 5.04. The number of urea groups is 1. The smallest absolute Gasteiger partial charge is 0.325 e. The molecule has 1 heterocycles. The number of carbonyl (C=O) groups is 2. The van der Waals surface area contributed by atoms with Crippen LogP contribution in [-0.4, -0.2) is 42.1 Å². The van der Waals surface area contributed by atoms with E-state index in [1.807, 2.05) is 13.8 Å². The van der Waals surface area contributed by atoms with Gasteiger partial charge in [-0.25, -0.2) is 4.79 Å². The molecule has 3 amide bonds. The van der Waals surface area contributed by atoms with E-state index >= 15 is 0 Å². The Hall–Kier alpha value is -1.10. The zero-order chi connectivity index (χ0) is 13.2. The van der Waals surface area contributed by atoms with Crippen LogP contribution in [-0.2, 0) is 9.53 Å². The largest absolute Gasteiger partial charge is 0.382 e. The number of rotatable bonds is 5. The minimum atomic E-state index is -0.774. The summed E-state index contributed by atoms with van der Waals surface area (Å²) < 4.78 is 5.18. The molecule has 1 fully saturated rings. The average molecular weight is 242 g/mol. The molecule has 1 saturated heterocycles. The normalized spacial score (nSPS) is 22.5. The Morgan fingerprint density at radius 2 is 1.94 bits per heavy atom. The lowest BCUT2D eigenvalue weighted by Crippen LogP contribution is -2.41. The first-order valence-corrected chi connectivity index (χ1v) is 5.95. The first-order valence-electron chi connectivity index (χ1n) is 5.95. The van der Waals surface area contributed by atoms with E-state index in [1.165, 1.54) is 4.90 Å². The van der Waals surface area contributed by atoms with E-state index < -0.39 is 5.54 Å². The highest BCUT2D eigenvalue weighted by Crippen LogP contribution is 2.19. The summed E-state index contributed by atoms with van der Waals surface area (Å²) in [5.41, 5.74) is -0.774. The van der Waals surface area contributed by atoms with E-state index in [0.29, 0.717) is 6.54 Å². The van der Waals surface area contributed by atoms with Gasteiger partial charge in [0.2, 0.25) is 0 Å². The number of hydrogen-bond donors (Lipinski definition) is 1. The van der Waals surface area contributed by atoms with Crippen LogP contribution in [0.15, 0.2) is 0 Å². The summed E-state index contributed by atoms with van der Waals surface area (Å²) in [6.07, 6.45) is 0.965. The Morgan fingerprint density at radius 3 is 2.35 bits per heavy atom. The van der Waals surface area contributed by atoms with Crippen molar-refractivity contribution in [1.29, 1.82) is 0 Å². The second-order valence-electron chi connectivity index (χ2n) is 5.36. The van der Waals surface area contributed by atoms with Gasteiger partial charge in [0.15, 0.2) is 0 Å². The van der Waals surface area contributed by atoms with Gasteiger partial charge in [-0.15, -0.1) is 0 Å². The average Bonchev–Trinajstić information content (AvgIpc) is 2.40. The maximum atomic E-state index is 11.9. The summed E-state index contributed by atoms with van der Waals surface area (Å²) in [4.78, 5) is 24.9. The molecule has 0 bridgehead atoms. The van der Waals surface area contributed by atoms with E-state index in [-0.39, 0.29) is 24.0 Å². The van der Waals surface area contributed by atoms with Crippen molar-refractivity contribution in [3.8, 4) is 0 Å². The minimum absolute atomic E-state index is 0.138. The van der Waals surface area contributed by atoms with Crippen LogP contribution in [0.4, 0.5) is 4.79 Å². The van der Waals surface area contributed by atoms with Crippen molar-refractivity contribution in [1.82, 2.24) is 10.2 Å². The lowest BCUT2D eigenvalue weighted by atomic mass is 10.0. The lowest BCUT2D eigenvalue weighted by molar-refractivity contribution is -0.130. The van der Waals surface area contributed by atoms with Gasteiger partial charge >= 0.3 is 6.03 Å². The van der Waals surface area contributed by atoms with Crippen LogP contribution in [0.5, 0.6) is 0 Å². The molecule has 0 spiro atoms. The Labute approximate surface area is 102 Å². The maximum Gasteiger partial charge on any atom is 0.325 e. The molecule has 1 N–H and O–H groups in total. The van der Waals surface area contributed by atoms with Crippen LogP contribution in [0.3, 0.4) is 0 Å². The van der Waals surface area contributed by atoms with Crippen LogP contribution in [0.2, 0.25) is 0 Å². The third-order valence-corrected chi connectivity index (χ3v) is 3.08. The van der Waals surface area contributed by atoms with Gasteiger partial charge in [-0.05, 0) is 33.1 Å². The summed E-state index contributed by atoms with van der Waals surface area (Å²) in [7, 11) is 1.66. The maximum absolute atomic E-state index is 11.9. The van der Waals surface area contributed by atoms with Crippen molar-refractivity contribution in [2.75, 3.05) is 13.7 Å². The molecule has 1 aliphatic rings. The molecule has 5 nitrogen and oxygen atoms in total. The number of carbonyl (C=O) groups excluding carboxylic acids is 2. The molecule has 0 saturated carbocycles. The monoisotopic (exact) mass is 242 g/mol. The molecular weight excluding hydrogens is 220 g/mol. The van der Waals surface area contributed by atoms with Gasteiger partial charge in [-0.2, -0.15) is 0 Å². The highest BCUT2D eigenvalue weighted by Gasteiger charge is 2.44. The van der Waals surface area contributed by atoms with Crippen molar-refractivity contribution >= 4 is 11.9 Å².